The van der Waals surface area contributed by atoms with E-state index in [1.807, 2.05) is 13.0 Å². The minimum Gasteiger partial charge on any atom is -0.321 e. The normalized spacial score (nSPS) is 13.7. The average Bonchev–Trinajstić information content (AvgIpc) is 2.97. The molecule has 25 heavy (non-hydrogen) atoms. The number of aryl methyl sites for hydroxylation is 3. The number of nitrogens with one attached hydrogen (secondary N) is 1. The van der Waals surface area contributed by atoms with Crippen molar-refractivity contribution in [3.8, 4) is 0 Å². The predicted octanol–water partition coefficient (Wildman–Crippen LogP) is 3.85. The Kier molecular flexibility index (Phi) is 4.09. The van der Waals surface area contributed by atoms with E-state index in [2.05, 4.69) is 10.3 Å². The summed E-state index contributed by atoms with van der Waals surface area (Å²) in [6, 6.07) is 5.25. The van der Waals surface area contributed by atoms with Crippen molar-refractivity contribution in [2.45, 2.75) is 32.6 Å². The van der Waals surface area contributed by atoms with E-state index in [4.69, 9.17) is 11.6 Å². The number of carbonyl (C=O) groups is 1. The summed E-state index contributed by atoms with van der Waals surface area (Å²) >= 11 is 7.54. The number of thiazole rings is 1. The Labute approximate surface area is 153 Å². The van der Waals surface area contributed by atoms with Gasteiger partial charge in [-0.2, -0.15) is 0 Å². The Morgan fingerprint density at radius 2 is 2.12 bits per heavy atom. The van der Waals surface area contributed by atoms with Crippen LogP contribution in [-0.2, 0) is 12.8 Å². The lowest BCUT2D eigenvalue weighted by Crippen LogP contribution is -2.27. The molecule has 1 aliphatic rings. The molecule has 5 nitrogen and oxygen atoms in total. The largest absolute Gasteiger partial charge is 0.321 e. The first-order chi connectivity index (χ1) is 12.0. The number of nitrogens with zero attached hydrogens (tertiary/aromatic N) is 2. The molecule has 0 radical (unpaired) electrons. The molecule has 1 N–H and O–H groups in total. The molecule has 0 saturated carbocycles. The molecule has 1 aromatic carbocycles. The van der Waals surface area contributed by atoms with Crippen LogP contribution in [0.15, 0.2) is 29.2 Å². The molecule has 2 heterocycles. The standard InChI is InChI=1S/C18H16ClN3O2S/c1-10-6-7-11(19)8-13(10)21-16(23)12-9-20-18-22(17(12)24)14-4-2-3-5-15(14)25-18/h6-9H,2-5H2,1H3,(H,21,23). The molecular weight excluding hydrogens is 358 g/mol. The van der Waals surface area contributed by atoms with E-state index in [0.29, 0.717) is 15.7 Å². The van der Waals surface area contributed by atoms with Crippen LogP contribution >= 0.6 is 22.9 Å². The number of carbonyl (C=O) groups excluding carboxylic acids is 1. The lowest BCUT2D eigenvalue weighted by molar-refractivity contribution is 0.102. The van der Waals surface area contributed by atoms with E-state index < -0.39 is 5.91 Å². The summed E-state index contributed by atoms with van der Waals surface area (Å²) in [5, 5.41) is 3.30. The van der Waals surface area contributed by atoms with Crippen molar-refractivity contribution in [2.24, 2.45) is 0 Å². The van der Waals surface area contributed by atoms with Crippen molar-refractivity contribution >= 4 is 39.5 Å². The van der Waals surface area contributed by atoms with Crippen LogP contribution in [0, 0.1) is 6.92 Å². The highest BCUT2D eigenvalue weighted by Gasteiger charge is 2.21. The van der Waals surface area contributed by atoms with Gasteiger partial charge in [0.2, 0.25) is 0 Å². The molecule has 128 valence electrons. The van der Waals surface area contributed by atoms with Gasteiger partial charge in [-0.25, -0.2) is 4.98 Å². The number of anilines is 1. The monoisotopic (exact) mass is 373 g/mol. The first kappa shape index (κ1) is 16.3. The zero-order valence-corrected chi connectivity index (χ0v) is 15.2. The predicted molar refractivity (Wildman–Crippen MR) is 100 cm³/mol. The van der Waals surface area contributed by atoms with E-state index in [-0.39, 0.29) is 11.1 Å². The molecule has 0 fully saturated rings. The fraction of sp³-hybridized carbons (Fsp3) is 0.278. The van der Waals surface area contributed by atoms with Crippen molar-refractivity contribution in [3.05, 3.63) is 61.5 Å². The molecule has 1 amide bonds. The van der Waals surface area contributed by atoms with Crippen molar-refractivity contribution < 1.29 is 4.79 Å². The molecule has 0 unspecified atom stereocenters. The molecule has 3 aromatic rings. The third-order valence-electron chi connectivity index (χ3n) is 4.50. The van der Waals surface area contributed by atoms with Crippen molar-refractivity contribution in [2.75, 3.05) is 5.32 Å². The molecule has 0 spiro atoms. The van der Waals surface area contributed by atoms with Gasteiger partial charge in [-0.05, 0) is 50.3 Å². The summed E-state index contributed by atoms with van der Waals surface area (Å²) in [5.41, 5.74) is 2.22. The first-order valence-corrected chi connectivity index (χ1v) is 9.34. The first-order valence-electron chi connectivity index (χ1n) is 8.14. The van der Waals surface area contributed by atoms with Crippen molar-refractivity contribution in [1.29, 1.82) is 0 Å². The number of hydrogen-bond acceptors (Lipinski definition) is 4. The van der Waals surface area contributed by atoms with Crippen molar-refractivity contribution in [3.63, 3.8) is 0 Å². The molecule has 7 heteroatoms. The van der Waals surface area contributed by atoms with Crippen LogP contribution in [0.1, 0.15) is 39.3 Å². The Morgan fingerprint density at radius 1 is 1.32 bits per heavy atom. The fourth-order valence-electron chi connectivity index (χ4n) is 3.14. The molecule has 0 saturated heterocycles. The summed E-state index contributed by atoms with van der Waals surface area (Å²) in [4.78, 5) is 31.7. The van der Waals surface area contributed by atoms with Crippen LogP contribution in [-0.4, -0.2) is 15.3 Å². The number of halogens is 1. The zero-order chi connectivity index (χ0) is 17.6. The lowest BCUT2D eigenvalue weighted by Gasteiger charge is -2.11. The maximum Gasteiger partial charge on any atom is 0.271 e. The summed E-state index contributed by atoms with van der Waals surface area (Å²) < 4.78 is 1.61. The van der Waals surface area contributed by atoms with Crippen LogP contribution in [0.4, 0.5) is 5.69 Å². The van der Waals surface area contributed by atoms with E-state index in [0.717, 1.165) is 36.9 Å². The second-order valence-corrected chi connectivity index (χ2v) is 7.69. The Bertz CT molecular complexity index is 1050. The minimum atomic E-state index is -0.465. The summed E-state index contributed by atoms with van der Waals surface area (Å²) in [6.07, 6.45) is 5.40. The average molecular weight is 374 g/mol. The number of amides is 1. The molecule has 0 aliphatic heterocycles. The van der Waals surface area contributed by atoms with Gasteiger partial charge in [0.15, 0.2) is 4.96 Å². The smallest absolute Gasteiger partial charge is 0.271 e. The van der Waals surface area contributed by atoms with Gasteiger partial charge < -0.3 is 5.32 Å². The van der Waals surface area contributed by atoms with Crippen molar-refractivity contribution in [1.82, 2.24) is 9.38 Å². The molecule has 0 bridgehead atoms. The molecular formula is C18H16ClN3O2S. The summed E-state index contributed by atoms with van der Waals surface area (Å²) in [6.45, 7) is 1.87. The van der Waals surface area contributed by atoms with Gasteiger partial charge in [0.05, 0.1) is 0 Å². The maximum atomic E-state index is 12.9. The highest BCUT2D eigenvalue weighted by atomic mass is 35.5. The van der Waals surface area contributed by atoms with E-state index in [1.165, 1.54) is 11.1 Å². The van der Waals surface area contributed by atoms with Crippen LogP contribution in [0.25, 0.3) is 4.96 Å². The third kappa shape index (κ3) is 2.85. The number of aromatic nitrogens is 2. The van der Waals surface area contributed by atoms with Gasteiger partial charge in [0, 0.05) is 27.5 Å². The quantitative estimate of drug-likeness (QED) is 0.742. The Balaban J connectivity index is 1.76. The van der Waals surface area contributed by atoms with Gasteiger partial charge in [-0.15, -0.1) is 11.3 Å². The third-order valence-corrected chi connectivity index (χ3v) is 5.89. The second-order valence-electron chi connectivity index (χ2n) is 6.19. The van der Waals surface area contributed by atoms with Gasteiger partial charge in [-0.3, -0.25) is 14.0 Å². The van der Waals surface area contributed by atoms with E-state index in [9.17, 15) is 9.59 Å². The van der Waals surface area contributed by atoms with Gasteiger partial charge in [-0.1, -0.05) is 17.7 Å². The van der Waals surface area contributed by atoms with E-state index in [1.54, 1.807) is 27.9 Å². The minimum absolute atomic E-state index is 0.0445. The van der Waals surface area contributed by atoms with Crippen LogP contribution in [0.3, 0.4) is 0 Å². The summed E-state index contributed by atoms with van der Waals surface area (Å²) in [7, 11) is 0. The molecule has 1 aliphatic carbocycles. The Hall–Kier alpha value is -2.18. The topological polar surface area (TPSA) is 63.5 Å². The van der Waals surface area contributed by atoms with E-state index >= 15 is 0 Å². The van der Waals surface area contributed by atoms with Crippen LogP contribution < -0.4 is 10.9 Å². The lowest BCUT2D eigenvalue weighted by atomic mass is 10.0. The fourth-order valence-corrected chi connectivity index (χ4v) is 4.48. The number of hydrogen-bond donors (Lipinski definition) is 1. The highest BCUT2D eigenvalue weighted by molar-refractivity contribution is 7.17. The number of benzene rings is 1. The zero-order valence-electron chi connectivity index (χ0n) is 13.6. The van der Waals surface area contributed by atoms with Gasteiger partial charge in [0.25, 0.3) is 11.5 Å². The second kappa shape index (κ2) is 6.28. The van der Waals surface area contributed by atoms with Gasteiger partial charge >= 0.3 is 0 Å². The Morgan fingerprint density at radius 3 is 2.96 bits per heavy atom. The highest BCUT2D eigenvalue weighted by Crippen LogP contribution is 2.28. The molecule has 2 aromatic heterocycles. The summed E-state index contributed by atoms with van der Waals surface area (Å²) in [5.74, 6) is -0.465. The number of fused-ring (bicyclic) bond motifs is 3. The van der Waals surface area contributed by atoms with Crippen LogP contribution in [0.2, 0.25) is 5.02 Å². The van der Waals surface area contributed by atoms with Gasteiger partial charge in [0.1, 0.15) is 5.56 Å². The molecule has 0 atom stereocenters. The van der Waals surface area contributed by atoms with Crippen LogP contribution in [0.5, 0.6) is 0 Å². The number of rotatable bonds is 2. The maximum absolute atomic E-state index is 12.9. The molecule has 4 rings (SSSR count). The SMILES string of the molecule is Cc1ccc(Cl)cc1NC(=O)c1cnc2sc3c(n2c1=O)CCCC3.